The number of aliphatic carboxylic acids is 1. The van der Waals surface area contributed by atoms with E-state index in [0.717, 1.165) is 28.7 Å². The summed E-state index contributed by atoms with van der Waals surface area (Å²) in [6.45, 7) is 2.01. The van der Waals surface area contributed by atoms with E-state index in [0.29, 0.717) is 19.3 Å². The lowest BCUT2D eigenvalue weighted by atomic mass is 9.89. The first kappa shape index (κ1) is 21.5. The van der Waals surface area contributed by atoms with Gasteiger partial charge in [-0.25, -0.2) is 4.79 Å². The molecule has 172 valence electrons. The second-order valence-corrected chi connectivity index (χ2v) is 9.16. The minimum Gasteiger partial charge on any atom is -0.481 e. The minimum absolute atomic E-state index is 0.0512. The van der Waals surface area contributed by atoms with Crippen molar-refractivity contribution in [2.24, 2.45) is 5.92 Å². The minimum atomic E-state index is -0.849. The smallest absolute Gasteiger partial charge is 0.407 e. The van der Waals surface area contributed by atoms with Gasteiger partial charge in [0, 0.05) is 18.0 Å². The first-order chi connectivity index (χ1) is 16.0. The lowest BCUT2D eigenvalue weighted by molar-refractivity contribution is -0.143. The summed E-state index contributed by atoms with van der Waals surface area (Å²) in [4.78, 5) is 39.1. The lowest BCUT2D eigenvalue weighted by Crippen LogP contribution is -2.50. The largest absolute Gasteiger partial charge is 0.481 e. The van der Waals surface area contributed by atoms with Crippen LogP contribution in [-0.4, -0.2) is 52.7 Å². The second-order valence-electron chi connectivity index (χ2n) is 9.16. The van der Waals surface area contributed by atoms with Crippen LogP contribution in [0.4, 0.5) is 4.79 Å². The van der Waals surface area contributed by atoms with Crippen LogP contribution in [0.25, 0.3) is 11.1 Å². The van der Waals surface area contributed by atoms with Crippen LogP contribution in [0, 0.1) is 5.92 Å². The predicted octanol–water partition coefficient (Wildman–Crippen LogP) is 3.77. The fourth-order valence-electron chi connectivity index (χ4n) is 5.90. The van der Waals surface area contributed by atoms with Gasteiger partial charge in [-0.15, -0.1) is 0 Å². The molecule has 5 rings (SSSR count). The summed E-state index contributed by atoms with van der Waals surface area (Å²) >= 11 is 0. The molecule has 33 heavy (non-hydrogen) atoms. The van der Waals surface area contributed by atoms with E-state index in [2.05, 4.69) is 29.6 Å². The van der Waals surface area contributed by atoms with E-state index in [4.69, 9.17) is 4.74 Å². The van der Waals surface area contributed by atoms with Crippen molar-refractivity contribution >= 4 is 18.0 Å². The fraction of sp³-hybridized carbons (Fsp3) is 0.423. The molecule has 2 bridgehead atoms. The molecule has 0 spiro atoms. The van der Waals surface area contributed by atoms with Crippen molar-refractivity contribution in [2.75, 3.05) is 6.61 Å². The Morgan fingerprint density at radius 3 is 2.27 bits per heavy atom. The van der Waals surface area contributed by atoms with Crippen molar-refractivity contribution in [3.63, 3.8) is 0 Å². The molecule has 3 aliphatic rings. The van der Waals surface area contributed by atoms with Gasteiger partial charge in [-0.3, -0.25) is 9.59 Å². The van der Waals surface area contributed by atoms with E-state index in [1.807, 2.05) is 31.2 Å². The van der Waals surface area contributed by atoms with Gasteiger partial charge in [0.05, 0.1) is 5.92 Å². The Hall–Kier alpha value is -3.35. The monoisotopic (exact) mass is 448 g/mol. The standard InChI is InChI=1S/C26H28N2O5/c1-2-22(24(29)28-15-11-12-23(28)20(13-15)25(30)31)27-26(32)33-14-21-18-9-5-3-7-16(18)17-8-4-6-10-19(17)21/h3-10,15,20-23H,2,11-14H2,1H3,(H,27,32)(H,30,31)/t15?,20?,22-,23?/m1/s1. The molecule has 2 N–H and O–H groups in total. The predicted molar refractivity (Wildman–Crippen MR) is 122 cm³/mol. The molecule has 1 aliphatic carbocycles. The number of nitrogens with zero attached hydrogens (tertiary/aromatic N) is 1. The third-order valence-electron chi connectivity index (χ3n) is 7.45. The highest BCUT2D eigenvalue weighted by molar-refractivity contribution is 5.88. The number of fused-ring (bicyclic) bond motifs is 5. The van der Waals surface area contributed by atoms with E-state index >= 15 is 0 Å². The first-order valence-electron chi connectivity index (χ1n) is 11.7. The number of hydrogen-bond acceptors (Lipinski definition) is 4. The van der Waals surface area contributed by atoms with Gasteiger partial charge in [-0.1, -0.05) is 55.5 Å². The van der Waals surface area contributed by atoms with Crippen LogP contribution in [-0.2, 0) is 14.3 Å². The molecule has 7 heteroatoms. The fourth-order valence-corrected chi connectivity index (χ4v) is 5.90. The molecule has 3 unspecified atom stereocenters. The van der Waals surface area contributed by atoms with Crippen LogP contribution < -0.4 is 5.32 Å². The number of carbonyl (C=O) groups is 3. The van der Waals surface area contributed by atoms with Crippen molar-refractivity contribution in [3.8, 4) is 11.1 Å². The SMILES string of the molecule is CC[C@@H](NC(=O)OCC1c2ccccc2-c2ccccc21)C(=O)N1C2CCC1C(C(=O)O)C2. The van der Waals surface area contributed by atoms with Gasteiger partial charge >= 0.3 is 12.1 Å². The van der Waals surface area contributed by atoms with E-state index in [1.165, 1.54) is 0 Å². The average Bonchev–Trinajstić information content (AvgIpc) is 3.50. The lowest BCUT2D eigenvalue weighted by Gasteiger charge is -2.28. The molecule has 2 aromatic carbocycles. The molecule has 2 fully saturated rings. The van der Waals surface area contributed by atoms with Crippen LogP contribution >= 0.6 is 0 Å². The van der Waals surface area contributed by atoms with E-state index in [-0.39, 0.29) is 30.5 Å². The van der Waals surface area contributed by atoms with Crippen molar-refractivity contribution in [1.29, 1.82) is 0 Å². The number of rotatable bonds is 6. The third-order valence-corrected chi connectivity index (χ3v) is 7.45. The molecule has 0 radical (unpaired) electrons. The van der Waals surface area contributed by atoms with Crippen LogP contribution in [0.15, 0.2) is 48.5 Å². The van der Waals surface area contributed by atoms with Gasteiger partial charge in [-0.05, 0) is 47.9 Å². The third kappa shape index (κ3) is 3.65. The molecule has 2 saturated heterocycles. The molecular formula is C26H28N2O5. The van der Waals surface area contributed by atoms with Gasteiger partial charge in [0.2, 0.25) is 5.91 Å². The number of alkyl carbamates (subject to hydrolysis) is 1. The Morgan fingerprint density at radius 1 is 1.06 bits per heavy atom. The Labute approximate surface area is 192 Å². The number of carbonyl (C=O) groups excluding carboxylic acids is 2. The highest BCUT2D eigenvalue weighted by Crippen LogP contribution is 2.45. The van der Waals surface area contributed by atoms with Crippen LogP contribution in [0.5, 0.6) is 0 Å². The Balaban J connectivity index is 1.24. The Bertz CT molecular complexity index is 1050. The molecule has 4 atom stereocenters. The van der Waals surface area contributed by atoms with Crippen molar-refractivity contribution < 1.29 is 24.2 Å². The number of carboxylic acids is 1. The van der Waals surface area contributed by atoms with Gasteiger partial charge in [-0.2, -0.15) is 0 Å². The summed E-state index contributed by atoms with van der Waals surface area (Å²) in [5, 5.41) is 12.2. The zero-order chi connectivity index (χ0) is 23.1. The summed E-state index contributed by atoms with van der Waals surface area (Å²) in [5.41, 5.74) is 4.56. The number of carboxylic acid groups (broad SMARTS) is 1. The number of hydrogen-bond donors (Lipinski definition) is 2. The van der Waals surface area contributed by atoms with Gasteiger partial charge in [0.15, 0.2) is 0 Å². The maximum absolute atomic E-state index is 13.2. The van der Waals surface area contributed by atoms with Crippen LogP contribution in [0.2, 0.25) is 0 Å². The molecule has 2 aliphatic heterocycles. The van der Waals surface area contributed by atoms with Crippen LogP contribution in [0.1, 0.15) is 49.7 Å². The molecule has 7 nitrogen and oxygen atoms in total. The summed E-state index contributed by atoms with van der Waals surface area (Å²) in [6, 6.07) is 15.2. The number of amides is 2. The highest BCUT2D eigenvalue weighted by atomic mass is 16.5. The Morgan fingerprint density at radius 2 is 1.70 bits per heavy atom. The normalized spacial score (nSPS) is 23.7. The zero-order valence-electron chi connectivity index (χ0n) is 18.6. The van der Waals surface area contributed by atoms with Crippen LogP contribution in [0.3, 0.4) is 0 Å². The quantitative estimate of drug-likeness (QED) is 0.701. The number of benzene rings is 2. The summed E-state index contributed by atoms with van der Waals surface area (Å²) in [7, 11) is 0. The van der Waals surface area contributed by atoms with E-state index < -0.39 is 24.0 Å². The van der Waals surface area contributed by atoms with Gasteiger partial charge in [0.25, 0.3) is 0 Å². The van der Waals surface area contributed by atoms with Gasteiger partial charge < -0.3 is 20.1 Å². The Kier molecular flexibility index (Phi) is 5.56. The molecule has 2 amide bonds. The maximum atomic E-state index is 13.2. The molecule has 0 aromatic heterocycles. The molecular weight excluding hydrogens is 420 g/mol. The van der Waals surface area contributed by atoms with Gasteiger partial charge in [0.1, 0.15) is 12.6 Å². The number of ether oxygens (including phenoxy) is 1. The summed E-state index contributed by atoms with van der Waals surface area (Å²) in [6.07, 6.45) is 1.80. The van der Waals surface area contributed by atoms with Crippen molar-refractivity contribution in [2.45, 2.75) is 56.7 Å². The van der Waals surface area contributed by atoms with Crippen molar-refractivity contribution in [3.05, 3.63) is 59.7 Å². The number of nitrogens with one attached hydrogen (secondary N) is 1. The molecule has 0 saturated carbocycles. The van der Waals surface area contributed by atoms with Crippen molar-refractivity contribution in [1.82, 2.24) is 10.2 Å². The second kappa shape index (κ2) is 8.54. The maximum Gasteiger partial charge on any atom is 0.407 e. The topological polar surface area (TPSA) is 95.9 Å². The zero-order valence-corrected chi connectivity index (χ0v) is 18.6. The average molecular weight is 449 g/mol. The van der Waals surface area contributed by atoms with E-state index in [1.54, 1.807) is 4.90 Å². The summed E-state index contributed by atoms with van der Waals surface area (Å²) < 4.78 is 5.60. The van der Waals surface area contributed by atoms with E-state index in [9.17, 15) is 19.5 Å². The molecule has 2 heterocycles. The highest BCUT2D eigenvalue weighted by Gasteiger charge is 2.52. The summed E-state index contributed by atoms with van der Waals surface area (Å²) in [5.74, 6) is -1.62. The molecule has 2 aromatic rings. The first-order valence-corrected chi connectivity index (χ1v) is 11.7.